The van der Waals surface area contributed by atoms with Crippen molar-refractivity contribution < 1.29 is 27.9 Å². The molecule has 6 nitrogen and oxygen atoms in total. The van der Waals surface area contributed by atoms with Crippen LogP contribution >= 0.6 is 12.4 Å². The molecule has 3 rings (SSSR count). The molecule has 0 spiro atoms. The van der Waals surface area contributed by atoms with Crippen LogP contribution in [0.2, 0.25) is 0 Å². The van der Waals surface area contributed by atoms with E-state index in [0.29, 0.717) is 12.1 Å². The third kappa shape index (κ3) is 5.83. The van der Waals surface area contributed by atoms with Crippen molar-refractivity contribution in [2.45, 2.75) is 44.1 Å². The summed E-state index contributed by atoms with van der Waals surface area (Å²) in [5.41, 5.74) is -0.228. The number of carbonyl (C=O) groups is 2. The van der Waals surface area contributed by atoms with Crippen LogP contribution in [-0.4, -0.2) is 53.6 Å². The molecular formula is C19H25ClF3N3O3. The summed E-state index contributed by atoms with van der Waals surface area (Å²) in [6.45, 7) is 1.60. The second kappa shape index (κ2) is 9.77. The number of rotatable bonds is 4. The Morgan fingerprint density at radius 1 is 1.24 bits per heavy atom. The fraction of sp³-hybridized carbons (Fsp3) is 0.579. The van der Waals surface area contributed by atoms with Crippen molar-refractivity contribution in [1.29, 1.82) is 0 Å². The van der Waals surface area contributed by atoms with Crippen LogP contribution in [0.5, 0.6) is 0 Å². The maximum atomic E-state index is 12.8. The Bertz CT molecular complexity index is 709. The van der Waals surface area contributed by atoms with Crippen LogP contribution in [0.15, 0.2) is 24.3 Å². The first-order valence-corrected chi connectivity index (χ1v) is 9.39. The van der Waals surface area contributed by atoms with E-state index in [-0.39, 0.29) is 43.7 Å². The average Bonchev–Trinajstić information content (AvgIpc) is 3.07. The molecule has 10 heteroatoms. The summed E-state index contributed by atoms with van der Waals surface area (Å²) in [6.07, 6.45) is -3.38. The molecule has 0 radical (unpaired) electrons. The molecule has 162 valence electrons. The highest BCUT2D eigenvalue weighted by atomic mass is 35.5. The van der Waals surface area contributed by atoms with E-state index in [9.17, 15) is 27.9 Å². The van der Waals surface area contributed by atoms with Gasteiger partial charge >= 0.3 is 6.18 Å². The van der Waals surface area contributed by atoms with Crippen LogP contribution in [0.4, 0.5) is 13.2 Å². The van der Waals surface area contributed by atoms with Gasteiger partial charge in [-0.25, -0.2) is 0 Å². The van der Waals surface area contributed by atoms with E-state index in [1.54, 1.807) is 0 Å². The van der Waals surface area contributed by atoms with E-state index in [0.717, 1.165) is 31.5 Å². The Morgan fingerprint density at radius 2 is 1.93 bits per heavy atom. The number of β-amino-alcohol motifs (C(OH)–C–C–N with tert-alkyl or cyclic N) is 1. The molecule has 2 heterocycles. The standard InChI is InChI=1S/C19H24F3N3O3.ClH/c20-19(21,22)14-5-3-12(4-6-14)9-24-17(27)16-8-15(26)11-25(16)18(28)13-2-1-7-23-10-13;/h3-6,13,15-16,23,26H,1-2,7-11H2,(H,24,27);1H/t13?,15-,16-;/m1./s1. The zero-order valence-electron chi connectivity index (χ0n) is 15.7. The number of halogens is 4. The van der Waals surface area contributed by atoms with Crippen molar-refractivity contribution >= 4 is 24.2 Å². The summed E-state index contributed by atoms with van der Waals surface area (Å²) < 4.78 is 37.8. The number of likely N-dealkylation sites (tertiary alicyclic amines) is 1. The van der Waals surface area contributed by atoms with Gasteiger partial charge < -0.3 is 20.6 Å². The van der Waals surface area contributed by atoms with E-state index in [2.05, 4.69) is 10.6 Å². The summed E-state index contributed by atoms with van der Waals surface area (Å²) in [5, 5.41) is 15.8. The topological polar surface area (TPSA) is 81.7 Å². The van der Waals surface area contributed by atoms with Crippen LogP contribution in [0.3, 0.4) is 0 Å². The maximum Gasteiger partial charge on any atom is 0.416 e. The number of aliphatic hydroxyl groups excluding tert-OH is 1. The highest BCUT2D eigenvalue weighted by Gasteiger charge is 2.41. The predicted octanol–water partition coefficient (Wildman–Crippen LogP) is 1.70. The second-order valence-electron chi connectivity index (χ2n) is 7.35. The molecule has 2 saturated heterocycles. The first-order chi connectivity index (χ1) is 13.3. The van der Waals surface area contributed by atoms with Crippen molar-refractivity contribution in [3.8, 4) is 0 Å². The van der Waals surface area contributed by atoms with Gasteiger partial charge in [0.1, 0.15) is 6.04 Å². The van der Waals surface area contributed by atoms with Gasteiger partial charge in [0, 0.05) is 26.1 Å². The number of hydrogen-bond donors (Lipinski definition) is 3. The van der Waals surface area contributed by atoms with Gasteiger partial charge in [-0.05, 0) is 37.1 Å². The fourth-order valence-electron chi connectivity index (χ4n) is 3.72. The summed E-state index contributed by atoms with van der Waals surface area (Å²) in [7, 11) is 0. The fourth-order valence-corrected chi connectivity index (χ4v) is 3.72. The van der Waals surface area contributed by atoms with Crippen molar-refractivity contribution in [2.24, 2.45) is 5.92 Å². The lowest BCUT2D eigenvalue weighted by Crippen LogP contribution is -2.50. The van der Waals surface area contributed by atoms with Crippen molar-refractivity contribution in [3.63, 3.8) is 0 Å². The first-order valence-electron chi connectivity index (χ1n) is 9.39. The van der Waals surface area contributed by atoms with Gasteiger partial charge in [-0.3, -0.25) is 9.59 Å². The van der Waals surface area contributed by atoms with Crippen molar-refractivity contribution in [2.75, 3.05) is 19.6 Å². The molecule has 3 N–H and O–H groups in total. The van der Waals surface area contributed by atoms with E-state index < -0.39 is 29.8 Å². The van der Waals surface area contributed by atoms with Crippen molar-refractivity contribution in [3.05, 3.63) is 35.4 Å². The third-order valence-corrected chi connectivity index (χ3v) is 5.26. The third-order valence-electron chi connectivity index (χ3n) is 5.26. The van der Waals surface area contributed by atoms with Gasteiger partial charge in [-0.1, -0.05) is 12.1 Å². The van der Waals surface area contributed by atoms with Gasteiger partial charge in [-0.2, -0.15) is 13.2 Å². The number of aliphatic hydroxyl groups is 1. The summed E-state index contributed by atoms with van der Waals surface area (Å²) in [4.78, 5) is 26.8. The highest BCUT2D eigenvalue weighted by molar-refractivity contribution is 5.89. The van der Waals surface area contributed by atoms with Gasteiger partial charge in [0.05, 0.1) is 17.6 Å². The van der Waals surface area contributed by atoms with Gasteiger partial charge in [0.15, 0.2) is 0 Å². The van der Waals surface area contributed by atoms with Crippen molar-refractivity contribution in [1.82, 2.24) is 15.5 Å². The smallest absolute Gasteiger partial charge is 0.391 e. The molecular weight excluding hydrogens is 411 g/mol. The second-order valence-corrected chi connectivity index (χ2v) is 7.35. The zero-order chi connectivity index (χ0) is 20.3. The Balaban J connectivity index is 0.00000300. The molecule has 1 unspecified atom stereocenters. The minimum atomic E-state index is -4.41. The molecule has 1 aromatic carbocycles. The minimum Gasteiger partial charge on any atom is -0.391 e. The molecule has 2 aliphatic rings. The molecule has 2 amide bonds. The number of hydrogen-bond acceptors (Lipinski definition) is 4. The van der Waals surface area contributed by atoms with Crippen LogP contribution in [0.1, 0.15) is 30.4 Å². The summed E-state index contributed by atoms with van der Waals surface area (Å²) >= 11 is 0. The number of carbonyl (C=O) groups excluding carboxylic acids is 2. The SMILES string of the molecule is Cl.O=C(NCc1ccc(C(F)(F)F)cc1)[C@H]1C[C@@H](O)CN1C(=O)C1CCCNC1. The number of nitrogens with one attached hydrogen (secondary N) is 2. The van der Waals surface area contributed by atoms with E-state index in [1.807, 2.05) is 0 Å². The zero-order valence-corrected chi connectivity index (χ0v) is 16.6. The molecule has 2 aliphatic heterocycles. The number of nitrogens with zero attached hydrogens (tertiary/aromatic N) is 1. The van der Waals surface area contributed by atoms with E-state index >= 15 is 0 Å². The molecule has 29 heavy (non-hydrogen) atoms. The Kier molecular flexibility index (Phi) is 7.90. The number of alkyl halides is 3. The molecule has 3 atom stereocenters. The van der Waals surface area contributed by atoms with Gasteiger partial charge in [0.25, 0.3) is 0 Å². The normalized spacial score (nSPS) is 24.7. The molecule has 0 aromatic heterocycles. The number of amides is 2. The quantitative estimate of drug-likeness (QED) is 0.672. The minimum absolute atomic E-state index is 0. The average molecular weight is 436 g/mol. The molecule has 0 bridgehead atoms. The van der Waals surface area contributed by atoms with E-state index in [1.165, 1.54) is 17.0 Å². The molecule has 0 saturated carbocycles. The lowest BCUT2D eigenvalue weighted by molar-refractivity contribution is -0.142. The Morgan fingerprint density at radius 3 is 2.52 bits per heavy atom. The van der Waals surface area contributed by atoms with E-state index in [4.69, 9.17) is 0 Å². The summed E-state index contributed by atoms with van der Waals surface area (Å²) in [5.74, 6) is -0.753. The Labute approximate surface area is 173 Å². The lowest BCUT2D eigenvalue weighted by Gasteiger charge is -2.30. The predicted molar refractivity (Wildman–Crippen MR) is 102 cm³/mol. The largest absolute Gasteiger partial charge is 0.416 e. The molecule has 0 aliphatic carbocycles. The number of piperidine rings is 1. The molecule has 2 fully saturated rings. The van der Waals surface area contributed by atoms with Crippen LogP contribution < -0.4 is 10.6 Å². The highest BCUT2D eigenvalue weighted by Crippen LogP contribution is 2.29. The van der Waals surface area contributed by atoms with Crippen LogP contribution in [0, 0.1) is 5.92 Å². The lowest BCUT2D eigenvalue weighted by atomic mass is 9.97. The maximum absolute atomic E-state index is 12.8. The monoisotopic (exact) mass is 435 g/mol. The van der Waals surface area contributed by atoms with Gasteiger partial charge in [0.2, 0.25) is 11.8 Å². The first kappa shape index (κ1) is 23.4. The van der Waals surface area contributed by atoms with Crippen LogP contribution in [0.25, 0.3) is 0 Å². The Hall–Kier alpha value is -1.84. The summed E-state index contributed by atoms with van der Waals surface area (Å²) in [6, 6.07) is 3.78. The molecule has 1 aromatic rings. The van der Waals surface area contributed by atoms with Gasteiger partial charge in [-0.15, -0.1) is 12.4 Å². The number of benzene rings is 1. The van der Waals surface area contributed by atoms with Crippen LogP contribution in [-0.2, 0) is 22.3 Å².